The molecule has 4 nitrogen and oxygen atoms in total. The van der Waals surface area contributed by atoms with E-state index in [1.54, 1.807) is 30.3 Å². The lowest BCUT2D eigenvalue weighted by Gasteiger charge is -2.10. The third-order valence-electron chi connectivity index (χ3n) is 2.80. The molecule has 0 unspecified atom stereocenters. The molecule has 0 saturated carbocycles. The molecular weight excluding hydrogens is 323 g/mol. The lowest BCUT2D eigenvalue weighted by atomic mass is 10.3. The summed E-state index contributed by atoms with van der Waals surface area (Å²) in [6.07, 6.45) is 0. The van der Waals surface area contributed by atoms with E-state index in [1.165, 1.54) is 0 Å². The van der Waals surface area contributed by atoms with Crippen LogP contribution in [0.3, 0.4) is 0 Å². The van der Waals surface area contributed by atoms with Crippen molar-refractivity contribution >= 4 is 40.5 Å². The number of halogens is 2. The molecule has 22 heavy (non-hydrogen) atoms. The lowest BCUT2D eigenvalue weighted by Crippen LogP contribution is -2.21. The van der Waals surface area contributed by atoms with Gasteiger partial charge in [0, 0.05) is 16.8 Å². The van der Waals surface area contributed by atoms with E-state index in [9.17, 15) is 4.79 Å². The number of ether oxygens (including phenoxy) is 1. The highest BCUT2D eigenvalue weighted by atomic mass is 35.5. The molecule has 0 aliphatic heterocycles. The summed E-state index contributed by atoms with van der Waals surface area (Å²) < 4.78 is 5.39. The van der Waals surface area contributed by atoms with Gasteiger partial charge in [-0.1, -0.05) is 29.3 Å². The van der Waals surface area contributed by atoms with E-state index in [-0.39, 0.29) is 12.5 Å². The Kier molecular flexibility index (Phi) is 5.92. The second-order valence-electron chi connectivity index (χ2n) is 4.49. The van der Waals surface area contributed by atoms with E-state index in [0.717, 1.165) is 0 Å². The van der Waals surface area contributed by atoms with Gasteiger partial charge >= 0.3 is 0 Å². The van der Waals surface area contributed by atoms with E-state index < -0.39 is 0 Å². The van der Waals surface area contributed by atoms with Crippen LogP contribution in [0.25, 0.3) is 0 Å². The fourth-order valence-corrected chi connectivity index (χ4v) is 2.32. The molecule has 2 rings (SSSR count). The molecule has 2 aromatic carbocycles. The van der Waals surface area contributed by atoms with Crippen LogP contribution in [0.5, 0.6) is 5.75 Å². The Morgan fingerprint density at radius 3 is 2.73 bits per heavy atom. The standard InChI is InChI=1S/C16H16Cl2N2O2/c1-2-22-13-5-3-4-12(9-13)20-16(21)10-19-15-7-6-11(17)8-14(15)18/h3-9,19H,2,10H2,1H3,(H,20,21). The number of benzene rings is 2. The quantitative estimate of drug-likeness (QED) is 0.818. The van der Waals surface area contributed by atoms with E-state index in [2.05, 4.69) is 10.6 Å². The first-order chi connectivity index (χ1) is 10.6. The Morgan fingerprint density at radius 1 is 1.18 bits per heavy atom. The van der Waals surface area contributed by atoms with Crippen molar-refractivity contribution in [3.8, 4) is 5.75 Å². The van der Waals surface area contributed by atoms with Gasteiger partial charge in [0.05, 0.1) is 23.9 Å². The highest BCUT2D eigenvalue weighted by Crippen LogP contribution is 2.25. The number of anilines is 2. The van der Waals surface area contributed by atoms with Crippen molar-refractivity contribution in [3.05, 3.63) is 52.5 Å². The maximum Gasteiger partial charge on any atom is 0.243 e. The number of nitrogens with one attached hydrogen (secondary N) is 2. The van der Waals surface area contributed by atoms with Crippen molar-refractivity contribution in [3.63, 3.8) is 0 Å². The van der Waals surface area contributed by atoms with E-state index in [1.807, 2.05) is 19.1 Å². The molecule has 6 heteroatoms. The topological polar surface area (TPSA) is 50.4 Å². The second kappa shape index (κ2) is 7.92. The van der Waals surface area contributed by atoms with Crippen LogP contribution in [-0.4, -0.2) is 19.1 Å². The number of hydrogen-bond acceptors (Lipinski definition) is 3. The van der Waals surface area contributed by atoms with Crippen molar-refractivity contribution < 1.29 is 9.53 Å². The highest BCUT2D eigenvalue weighted by Gasteiger charge is 2.06. The number of carbonyl (C=O) groups is 1. The number of carbonyl (C=O) groups excluding carboxylic acids is 1. The summed E-state index contributed by atoms with van der Waals surface area (Å²) in [5.74, 6) is 0.536. The summed E-state index contributed by atoms with van der Waals surface area (Å²) in [6, 6.07) is 12.3. The Hall–Kier alpha value is -1.91. The zero-order chi connectivity index (χ0) is 15.9. The van der Waals surface area contributed by atoms with Crippen LogP contribution in [0.4, 0.5) is 11.4 Å². The Labute approximate surface area is 139 Å². The van der Waals surface area contributed by atoms with Crippen molar-refractivity contribution in [1.29, 1.82) is 0 Å². The Morgan fingerprint density at radius 2 is 2.00 bits per heavy atom. The van der Waals surface area contributed by atoms with Crippen LogP contribution in [-0.2, 0) is 4.79 Å². The van der Waals surface area contributed by atoms with Crippen LogP contribution in [0, 0.1) is 0 Å². The molecule has 0 aliphatic carbocycles. The predicted molar refractivity (Wildman–Crippen MR) is 91.2 cm³/mol. The molecule has 0 aromatic heterocycles. The van der Waals surface area contributed by atoms with Gasteiger partial charge in [-0.2, -0.15) is 0 Å². The molecule has 0 bridgehead atoms. The third-order valence-corrected chi connectivity index (χ3v) is 3.35. The minimum Gasteiger partial charge on any atom is -0.494 e. The fourth-order valence-electron chi connectivity index (χ4n) is 1.84. The predicted octanol–water partition coefficient (Wildman–Crippen LogP) is 4.44. The van der Waals surface area contributed by atoms with Gasteiger partial charge in [-0.05, 0) is 37.3 Å². The number of amides is 1. The van der Waals surface area contributed by atoms with Gasteiger partial charge in [0.15, 0.2) is 0 Å². The zero-order valence-corrected chi connectivity index (χ0v) is 13.5. The van der Waals surface area contributed by atoms with Crippen LogP contribution in [0.1, 0.15) is 6.92 Å². The summed E-state index contributed by atoms with van der Waals surface area (Å²) in [5, 5.41) is 6.78. The van der Waals surface area contributed by atoms with Gasteiger partial charge < -0.3 is 15.4 Å². The molecule has 0 saturated heterocycles. The van der Waals surface area contributed by atoms with Gasteiger partial charge in [-0.25, -0.2) is 0 Å². The molecule has 2 N–H and O–H groups in total. The summed E-state index contributed by atoms with van der Waals surface area (Å²) in [6.45, 7) is 2.58. The number of hydrogen-bond donors (Lipinski definition) is 2. The van der Waals surface area contributed by atoms with Crippen molar-refractivity contribution in [1.82, 2.24) is 0 Å². The molecule has 0 spiro atoms. The lowest BCUT2D eigenvalue weighted by molar-refractivity contribution is -0.114. The molecular formula is C16H16Cl2N2O2. The first-order valence-corrected chi connectivity index (χ1v) is 7.55. The van der Waals surface area contributed by atoms with Crippen molar-refractivity contribution in [2.45, 2.75) is 6.92 Å². The summed E-state index contributed by atoms with van der Waals surface area (Å²) in [5.41, 5.74) is 1.34. The zero-order valence-electron chi connectivity index (χ0n) is 12.0. The van der Waals surface area contributed by atoms with Gasteiger partial charge in [0.1, 0.15) is 5.75 Å². The average Bonchev–Trinajstić information content (AvgIpc) is 2.47. The van der Waals surface area contributed by atoms with Crippen molar-refractivity contribution in [2.75, 3.05) is 23.8 Å². The van der Waals surface area contributed by atoms with E-state index >= 15 is 0 Å². The maximum absolute atomic E-state index is 11.9. The Balaban J connectivity index is 1.91. The largest absolute Gasteiger partial charge is 0.494 e. The monoisotopic (exact) mass is 338 g/mol. The fraction of sp³-hybridized carbons (Fsp3) is 0.188. The molecule has 0 heterocycles. The first-order valence-electron chi connectivity index (χ1n) is 6.80. The molecule has 0 fully saturated rings. The van der Waals surface area contributed by atoms with E-state index in [0.29, 0.717) is 33.8 Å². The van der Waals surface area contributed by atoms with E-state index in [4.69, 9.17) is 27.9 Å². The maximum atomic E-state index is 11.9. The summed E-state index contributed by atoms with van der Waals surface area (Å²) in [7, 11) is 0. The average molecular weight is 339 g/mol. The van der Waals surface area contributed by atoms with Crippen molar-refractivity contribution in [2.24, 2.45) is 0 Å². The second-order valence-corrected chi connectivity index (χ2v) is 5.33. The minimum atomic E-state index is -0.181. The molecule has 2 aromatic rings. The molecule has 0 radical (unpaired) electrons. The van der Waals surface area contributed by atoms with Crippen LogP contribution in [0.15, 0.2) is 42.5 Å². The van der Waals surface area contributed by atoms with Gasteiger partial charge in [0.25, 0.3) is 0 Å². The van der Waals surface area contributed by atoms with Gasteiger partial charge in [-0.3, -0.25) is 4.79 Å². The number of rotatable bonds is 6. The Bertz CT molecular complexity index is 662. The molecule has 0 atom stereocenters. The van der Waals surface area contributed by atoms with Gasteiger partial charge in [-0.15, -0.1) is 0 Å². The molecule has 116 valence electrons. The van der Waals surface area contributed by atoms with Crippen LogP contribution in [0.2, 0.25) is 10.0 Å². The summed E-state index contributed by atoms with van der Waals surface area (Å²) >= 11 is 11.9. The third kappa shape index (κ3) is 4.83. The minimum absolute atomic E-state index is 0.0974. The van der Waals surface area contributed by atoms with Crippen LogP contribution >= 0.6 is 23.2 Å². The normalized spacial score (nSPS) is 10.1. The van der Waals surface area contributed by atoms with Gasteiger partial charge in [0.2, 0.25) is 5.91 Å². The highest BCUT2D eigenvalue weighted by molar-refractivity contribution is 6.36. The smallest absolute Gasteiger partial charge is 0.243 e. The molecule has 0 aliphatic rings. The van der Waals surface area contributed by atoms with Crippen LogP contribution < -0.4 is 15.4 Å². The first kappa shape index (κ1) is 16.5. The molecule has 1 amide bonds. The summed E-state index contributed by atoms with van der Waals surface area (Å²) in [4.78, 5) is 11.9. The SMILES string of the molecule is CCOc1cccc(NC(=O)CNc2ccc(Cl)cc2Cl)c1.